The van der Waals surface area contributed by atoms with E-state index in [-0.39, 0.29) is 5.97 Å². The van der Waals surface area contributed by atoms with E-state index in [4.69, 9.17) is 4.74 Å². The highest BCUT2D eigenvalue weighted by atomic mass is 16.5. The summed E-state index contributed by atoms with van der Waals surface area (Å²) < 4.78 is 4.88. The average Bonchev–Trinajstić information content (AvgIpc) is 2.82. The van der Waals surface area contributed by atoms with Crippen LogP contribution in [-0.4, -0.2) is 24.1 Å². The molecule has 0 aliphatic carbocycles. The van der Waals surface area contributed by atoms with Crippen molar-refractivity contribution in [1.29, 1.82) is 0 Å². The van der Waals surface area contributed by atoms with Gasteiger partial charge in [-0.3, -0.25) is 4.79 Å². The van der Waals surface area contributed by atoms with Gasteiger partial charge in [0.05, 0.1) is 6.61 Å². The van der Waals surface area contributed by atoms with Crippen LogP contribution in [0.5, 0.6) is 0 Å². The Hall–Kier alpha value is -1.81. The van der Waals surface area contributed by atoms with Crippen molar-refractivity contribution in [1.82, 2.24) is 10.3 Å². The van der Waals surface area contributed by atoms with E-state index in [2.05, 4.69) is 22.4 Å². The lowest BCUT2D eigenvalue weighted by molar-refractivity contribution is -0.143. The van der Waals surface area contributed by atoms with E-state index in [1.54, 1.807) is 0 Å². The largest absolute Gasteiger partial charge is 0.466 e. The third-order valence-electron chi connectivity index (χ3n) is 3.03. The van der Waals surface area contributed by atoms with E-state index < -0.39 is 0 Å². The highest BCUT2D eigenvalue weighted by Gasteiger charge is 2.03. The fourth-order valence-corrected chi connectivity index (χ4v) is 2.09. The van der Waals surface area contributed by atoms with Crippen molar-refractivity contribution >= 4 is 16.9 Å². The Balaban J connectivity index is 1.73. The summed E-state index contributed by atoms with van der Waals surface area (Å²) in [5.41, 5.74) is 2.41. The molecule has 1 aromatic carbocycles. The Morgan fingerprint density at radius 2 is 2.21 bits per heavy atom. The molecule has 0 radical (unpaired) electrons. The van der Waals surface area contributed by atoms with Gasteiger partial charge in [0.2, 0.25) is 0 Å². The van der Waals surface area contributed by atoms with Crippen LogP contribution in [0.15, 0.2) is 30.5 Å². The molecule has 19 heavy (non-hydrogen) atoms. The fraction of sp³-hybridized carbons (Fsp3) is 0.400. The number of ether oxygens (including phenoxy) is 1. The molecule has 1 aromatic heterocycles. The number of para-hydroxylation sites is 1. The number of benzene rings is 1. The molecular formula is C15H20N2O2. The van der Waals surface area contributed by atoms with E-state index in [1.165, 1.54) is 10.9 Å². The average molecular weight is 260 g/mol. The second-order valence-electron chi connectivity index (χ2n) is 4.44. The Kier molecular flexibility index (Phi) is 4.98. The van der Waals surface area contributed by atoms with Crippen LogP contribution in [0.2, 0.25) is 0 Å². The quantitative estimate of drug-likeness (QED) is 0.594. The summed E-state index contributed by atoms with van der Waals surface area (Å²) in [6.45, 7) is 3.92. The van der Waals surface area contributed by atoms with Crippen molar-refractivity contribution in [2.24, 2.45) is 0 Å². The molecule has 0 amide bonds. The van der Waals surface area contributed by atoms with Gasteiger partial charge >= 0.3 is 5.97 Å². The summed E-state index contributed by atoms with van der Waals surface area (Å²) in [6, 6.07) is 8.25. The van der Waals surface area contributed by atoms with Crippen LogP contribution in [-0.2, 0) is 16.1 Å². The zero-order chi connectivity index (χ0) is 13.5. The van der Waals surface area contributed by atoms with Gasteiger partial charge < -0.3 is 15.0 Å². The number of aromatic amines is 1. The van der Waals surface area contributed by atoms with Crippen molar-refractivity contribution in [3.05, 3.63) is 36.0 Å². The van der Waals surface area contributed by atoms with Gasteiger partial charge in [-0.15, -0.1) is 0 Å². The number of hydrogen-bond donors (Lipinski definition) is 2. The van der Waals surface area contributed by atoms with E-state index in [1.807, 2.05) is 25.3 Å². The molecule has 0 aliphatic rings. The third kappa shape index (κ3) is 3.83. The number of carbonyl (C=O) groups is 1. The predicted octanol–water partition coefficient (Wildman–Crippen LogP) is 2.60. The monoisotopic (exact) mass is 260 g/mol. The molecule has 2 N–H and O–H groups in total. The molecule has 0 saturated carbocycles. The zero-order valence-corrected chi connectivity index (χ0v) is 11.2. The molecule has 0 aliphatic heterocycles. The Morgan fingerprint density at radius 3 is 3.05 bits per heavy atom. The number of nitrogens with one attached hydrogen (secondary N) is 2. The van der Waals surface area contributed by atoms with E-state index in [0.29, 0.717) is 13.0 Å². The summed E-state index contributed by atoms with van der Waals surface area (Å²) in [7, 11) is 0. The lowest BCUT2D eigenvalue weighted by atomic mass is 10.2. The molecule has 0 bridgehead atoms. The summed E-state index contributed by atoms with van der Waals surface area (Å²) in [5.74, 6) is -0.114. The van der Waals surface area contributed by atoms with Gasteiger partial charge in [-0.1, -0.05) is 18.2 Å². The van der Waals surface area contributed by atoms with Crippen molar-refractivity contribution in [2.75, 3.05) is 13.2 Å². The topological polar surface area (TPSA) is 54.1 Å². The molecule has 4 nitrogen and oxygen atoms in total. The number of esters is 1. The number of rotatable bonds is 7. The summed E-state index contributed by atoms with van der Waals surface area (Å²) in [5, 5.41) is 4.60. The smallest absolute Gasteiger partial charge is 0.305 e. The summed E-state index contributed by atoms with van der Waals surface area (Å²) >= 11 is 0. The number of H-pyrrole nitrogens is 1. The van der Waals surface area contributed by atoms with Gasteiger partial charge in [0, 0.05) is 30.1 Å². The highest BCUT2D eigenvalue weighted by molar-refractivity contribution is 5.82. The van der Waals surface area contributed by atoms with Crippen LogP contribution >= 0.6 is 0 Å². The Labute approximate surface area is 113 Å². The van der Waals surface area contributed by atoms with E-state index in [9.17, 15) is 4.79 Å². The molecule has 0 saturated heterocycles. The Morgan fingerprint density at radius 1 is 1.37 bits per heavy atom. The van der Waals surface area contributed by atoms with Crippen molar-refractivity contribution in [3.8, 4) is 0 Å². The normalized spacial score (nSPS) is 10.8. The second-order valence-corrected chi connectivity index (χ2v) is 4.44. The second kappa shape index (κ2) is 6.95. The molecule has 0 fully saturated rings. The zero-order valence-electron chi connectivity index (χ0n) is 11.2. The number of carbonyl (C=O) groups excluding carboxylic acids is 1. The van der Waals surface area contributed by atoms with Crippen LogP contribution in [0, 0.1) is 0 Å². The molecular weight excluding hydrogens is 240 g/mol. The highest BCUT2D eigenvalue weighted by Crippen LogP contribution is 2.17. The first-order valence-corrected chi connectivity index (χ1v) is 6.72. The van der Waals surface area contributed by atoms with Crippen LogP contribution in [0.4, 0.5) is 0 Å². The van der Waals surface area contributed by atoms with E-state index >= 15 is 0 Å². The lowest BCUT2D eigenvalue weighted by Crippen LogP contribution is -2.16. The van der Waals surface area contributed by atoms with Gasteiger partial charge in [-0.2, -0.15) is 0 Å². The molecule has 2 rings (SSSR count). The molecule has 1 heterocycles. The Bertz CT molecular complexity index is 534. The van der Waals surface area contributed by atoms with Crippen molar-refractivity contribution < 1.29 is 9.53 Å². The summed E-state index contributed by atoms with van der Waals surface area (Å²) in [4.78, 5) is 14.4. The molecule has 102 valence electrons. The molecule has 0 spiro atoms. The van der Waals surface area contributed by atoms with Crippen LogP contribution in [0.1, 0.15) is 25.3 Å². The molecule has 0 unspecified atom stereocenters. The standard InChI is InChI=1S/C15H20N2O2/c1-2-19-15(18)8-5-9-16-10-12-11-17-14-7-4-3-6-13(12)14/h3-4,6-7,11,16-17H,2,5,8-10H2,1H3. The number of hydrogen-bond acceptors (Lipinski definition) is 3. The fourth-order valence-electron chi connectivity index (χ4n) is 2.09. The third-order valence-corrected chi connectivity index (χ3v) is 3.03. The van der Waals surface area contributed by atoms with Gasteiger partial charge in [-0.25, -0.2) is 0 Å². The minimum atomic E-state index is -0.114. The van der Waals surface area contributed by atoms with Gasteiger partial charge in [0.15, 0.2) is 0 Å². The van der Waals surface area contributed by atoms with Gasteiger partial charge in [-0.05, 0) is 31.5 Å². The molecule has 0 atom stereocenters. The molecule has 4 heteroatoms. The van der Waals surface area contributed by atoms with E-state index in [0.717, 1.165) is 25.0 Å². The maximum Gasteiger partial charge on any atom is 0.305 e. The maximum absolute atomic E-state index is 11.2. The lowest BCUT2D eigenvalue weighted by Gasteiger charge is -2.04. The predicted molar refractivity (Wildman–Crippen MR) is 75.9 cm³/mol. The van der Waals surface area contributed by atoms with Gasteiger partial charge in [0.1, 0.15) is 0 Å². The maximum atomic E-state index is 11.2. The van der Waals surface area contributed by atoms with Crippen molar-refractivity contribution in [2.45, 2.75) is 26.3 Å². The number of aromatic nitrogens is 1. The summed E-state index contributed by atoms with van der Waals surface area (Å²) in [6.07, 6.45) is 3.32. The molecule has 2 aromatic rings. The van der Waals surface area contributed by atoms with Crippen LogP contribution in [0.25, 0.3) is 10.9 Å². The van der Waals surface area contributed by atoms with Crippen LogP contribution < -0.4 is 5.32 Å². The minimum absolute atomic E-state index is 0.114. The van der Waals surface area contributed by atoms with Crippen molar-refractivity contribution in [3.63, 3.8) is 0 Å². The minimum Gasteiger partial charge on any atom is -0.466 e. The SMILES string of the molecule is CCOC(=O)CCCNCc1c[nH]c2ccccc12. The first-order valence-electron chi connectivity index (χ1n) is 6.72. The van der Waals surface area contributed by atoms with Crippen LogP contribution in [0.3, 0.4) is 0 Å². The number of fused-ring (bicyclic) bond motifs is 1. The first kappa shape index (κ1) is 13.6. The first-order chi connectivity index (χ1) is 9.31. The van der Waals surface area contributed by atoms with Gasteiger partial charge in [0.25, 0.3) is 0 Å².